The van der Waals surface area contributed by atoms with E-state index in [-0.39, 0.29) is 5.97 Å². The van der Waals surface area contributed by atoms with Gasteiger partial charge in [0.1, 0.15) is 0 Å². The number of hydrogen-bond donors (Lipinski definition) is 1. The standard InChI is InChI=1S/C9H17NO2/c1-3-5-6-8-10-12-9(11)7-4-2/h4,7,10H,3,5-6,8H2,1-2H3. The van der Waals surface area contributed by atoms with Gasteiger partial charge in [-0.1, -0.05) is 25.8 Å². The molecular weight excluding hydrogens is 154 g/mol. The zero-order chi connectivity index (χ0) is 9.23. The number of carbonyl (C=O) groups excluding carboxylic acids is 1. The lowest BCUT2D eigenvalue weighted by molar-refractivity contribution is -0.144. The number of carbonyl (C=O) groups is 1. The average Bonchev–Trinajstić information content (AvgIpc) is 2.05. The predicted octanol–water partition coefficient (Wildman–Crippen LogP) is 1.80. The first kappa shape index (κ1) is 11.2. The maximum absolute atomic E-state index is 10.7. The Bertz CT molecular complexity index is 143. The Balaban J connectivity index is 3.14. The van der Waals surface area contributed by atoms with Crippen molar-refractivity contribution in [3.05, 3.63) is 12.2 Å². The first-order valence-electron chi connectivity index (χ1n) is 4.37. The fraction of sp³-hybridized carbons (Fsp3) is 0.667. The van der Waals surface area contributed by atoms with Crippen molar-refractivity contribution in [3.8, 4) is 0 Å². The molecule has 0 aliphatic carbocycles. The molecule has 12 heavy (non-hydrogen) atoms. The summed E-state index contributed by atoms with van der Waals surface area (Å²) in [4.78, 5) is 15.4. The summed E-state index contributed by atoms with van der Waals surface area (Å²) in [6, 6.07) is 0. The van der Waals surface area contributed by atoms with Gasteiger partial charge in [0.05, 0.1) is 0 Å². The zero-order valence-electron chi connectivity index (χ0n) is 7.80. The van der Waals surface area contributed by atoms with E-state index in [1.165, 1.54) is 12.5 Å². The minimum Gasteiger partial charge on any atom is -0.367 e. The van der Waals surface area contributed by atoms with Crippen LogP contribution in [-0.2, 0) is 9.63 Å². The highest BCUT2D eigenvalue weighted by Gasteiger charge is 1.93. The summed E-state index contributed by atoms with van der Waals surface area (Å²) in [5, 5.41) is 0. The van der Waals surface area contributed by atoms with Crippen LogP contribution in [0.15, 0.2) is 12.2 Å². The van der Waals surface area contributed by atoms with Gasteiger partial charge in [-0.05, 0) is 13.3 Å². The Morgan fingerprint density at radius 1 is 1.50 bits per heavy atom. The summed E-state index contributed by atoms with van der Waals surface area (Å²) in [7, 11) is 0. The van der Waals surface area contributed by atoms with Crippen LogP contribution in [0.3, 0.4) is 0 Å². The molecule has 0 bridgehead atoms. The van der Waals surface area contributed by atoms with Gasteiger partial charge in [0.2, 0.25) is 0 Å². The molecule has 0 aromatic heterocycles. The third-order valence-corrected chi connectivity index (χ3v) is 1.36. The van der Waals surface area contributed by atoms with E-state index in [0.29, 0.717) is 0 Å². The van der Waals surface area contributed by atoms with E-state index < -0.39 is 0 Å². The summed E-state index contributed by atoms with van der Waals surface area (Å²) >= 11 is 0. The normalized spacial score (nSPS) is 10.5. The van der Waals surface area contributed by atoms with Crippen LogP contribution >= 0.6 is 0 Å². The molecule has 0 unspecified atom stereocenters. The minimum atomic E-state index is -0.339. The maximum atomic E-state index is 10.7. The van der Waals surface area contributed by atoms with Gasteiger partial charge in [-0.15, -0.1) is 0 Å². The lowest BCUT2D eigenvalue weighted by Gasteiger charge is -2.01. The lowest BCUT2D eigenvalue weighted by Crippen LogP contribution is -2.19. The molecule has 0 atom stereocenters. The summed E-state index contributed by atoms with van der Waals surface area (Å²) in [5.74, 6) is -0.339. The highest BCUT2D eigenvalue weighted by atomic mass is 16.7. The first-order valence-corrected chi connectivity index (χ1v) is 4.37. The van der Waals surface area contributed by atoms with Crippen LogP contribution in [0.4, 0.5) is 0 Å². The third-order valence-electron chi connectivity index (χ3n) is 1.36. The van der Waals surface area contributed by atoms with Crippen molar-refractivity contribution in [2.24, 2.45) is 0 Å². The Labute approximate surface area is 73.7 Å². The number of rotatable bonds is 6. The quantitative estimate of drug-likeness (QED) is 0.376. The fourth-order valence-corrected chi connectivity index (χ4v) is 0.739. The van der Waals surface area contributed by atoms with Crippen LogP contribution in [0, 0.1) is 0 Å². The highest BCUT2D eigenvalue weighted by Crippen LogP contribution is 1.90. The van der Waals surface area contributed by atoms with Crippen LogP contribution in [0.2, 0.25) is 0 Å². The second kappa shape index (κ2) is 8.27. The molecule has 70 valence electrons. The van der Waals surface area contributed by atoms with Crippen molar-refractivity contribution in [1.82, 2.24) is 5.48 Å². The van der Waals surface area contributed by atoms with E-state index in [1.54, 1.807) is 13.0 Å². The molecule has 1 N–H and O–H groups in total. The van der Waals surface area contributed by atoms with E-state index in [4.69, 9.17) is 0 Å². The number of hydrogen-bond acceptors (Lipinski definition) is 3. The third kappa shape index (κ3) is 7.28. The molecule has 0 spiro atoms. The molecule has 3 heteroatoms. The highest BCUT2D eigenvalue weighted by molar-refractivity contribution is 5.81. The van der Waals surface area contributed by atoms with E-state index in [9.17, 15) is 4.79 Å². The van der Waals surface area contributed by atoms with Gasteiger partial charge in [0, 0.05) is 12.6 Å². The van der Waals surface area contributed by atoms with E-state index in [2.05, 4.69) is 17.2 Å². The monoisotopic (exact) mass is 171 g/mol. The van der Waals surface area contributed by atoms with E-state index in [0.717, 1.165) is 19.4 Å². The molecule has 0 fully saturated rings. The molecule has 0 aromatic carbocycles. The summed E-state index contributed by atoms with van der Waals surface area (Å²) in [5.41, 5.74) is 2.60. The van der Waals surface area contributed by atoms with Gasteiger partial charge in [0.15, 0.2) is 0 Å². The molecule has 0 saturated carbocycles. The molecule has 0 aliphatic rings. The van der Waals surface area contributed by atoms with Crippen LogP contribution in [0.25, 0.3) is 0 Å². The topological polar surface area (TPSA) is 38.3 Å². The second-order valence-corrected chi connectivity index (χ2v) is 2.52. The van der Waals surface area contributed by atoms with Gasteiger partial charge in [-0.2, -0.15) is 5.48 Å². The maximum Gasteiger partial charge on any atom is 0.349 e. The molecule has 0 radical (unpaired) electrons. The number of nitrogens with one attached hydrogen (secondary N) is 1. The van der Waals surface area contributed by atoms with Crippen LogP contribution < -0.4 is 5.48 Å². The summed E-state index contributed by atoms with van der Waals surface area (Å²) in [6.07, 6.45) is 6.40. The fourth-order valence-electron chi connectivity index (χ4n) is 0.739. The number of unbranched alkanes of at least 4 members (excludes halogenated alkanes) is 2. The predicted molar refractivity (Wildman–Crippen MR) is 48.4 cm³/mol. The van der Waals surface area contributed by atoms with Crippen molar-refractivity contribution < 1.29 is 9.63 Å². The van der Waals surface area contributed by atoms with E-state index >= 15 is 0 Å². The SMILES string of the molecule is CC=CC(=O)ONCCCCC. The molecule has 3 nitrogen and oxygen atoms in total. The van der Waals surface area contributed by atoms with E-state index in [1.807, 2.05) is 0 Å². The average molecular weight is 171 g/mol. The molecule has 0 rings (SSSR count). The summed E-state index contributed by atoms with van der Waals surface area (Å²) in [6.45, 7) is 4.64. The largest absolute Gasteiger partial charge is 0.367 e. The number of allylic oxidation sites excluding steroid dienone is 1. The molecule has 0 saturated heterocycles. The van der Waals surface area contributed by atoms with Gasteiger partial charge in [0.25, 0.3) is 0 Å². The Hall–Kier alpha value is -0.830. The van der Waals surface area contributed by atoms with Crippen LogP contribution in [0.1, 0.15) is 33.1 Å². The summed E-state index contributed by atoms with van der Waals surface area (Å²) < 4.78 is 0. The zero-order valence-corrected chi connectivity index (χ0v) is 7.80. The second-order valence-electron chi connectivity index (χ2n) is 2.52. The van der Waals surface area contributed by atoms with Crippen molar-refractivity contribution in [1.29, 1.82) is 0 Å². The van der Waals surface area contributed by atoms with Gasteiger partial charge in [-0.3, -0.25) is 0 Å². The van der Waals surface area contributed by atoms with Crippen molar-refractivity contribution >= 4 is 5.97 Å². The Morgan fingerprint density at radius 2 is 2.25 bits per heavy atom. The Kier molecular flexibility index (Phi) is 7.70. The molecule has 0 heterocycles. The minimum absolute atomic E-state index is 0.339. The first-order chi connectivity index (χ1) is 5.81. The van der Waals surface area contributed by atoms with Gasteiger partial charge in [-0.25, -0.2) is 4.79 Å². The van der Waals surface area contributed by atoms with Crippen molar-refractivity contribution in [2.75, 3.05) is 6.54 Å². The smallest absolute Gasteiger partial charge is 0.349 e. The lowest BCUT2D eigenvalue weighted by atomic mass is 10.3. The molecule has 0 aromatic rings. The van der Waals surface area contributed by atoms with Gasteiger partial charge >= 0.3 is 5.97 Å². The molecule has 0 amide bonds. The van der Waals surface area contributed by atoms with Gasteiger partial charge < -0.3 is 4.84 Å². The molecular formula is C9H17NO2. The van der Waals surface area contributed by atoms with Crippen LogP contribution in [0.5, 0.6) is 0 Å². The Morgan fingerprint density at radius 3 is 2.83 bits per heavy atom. The van der Waals surface area contributed by atoms with Crippen LogP contribution in [-0.4, -0.2) is 12.5 Å². The van der Waals surface area contributed by atoms with Crippen molar-refractivity contribution in [3.63, 3.8) is 0 Å². The molecule has 0 aliphatic heterocycles. The number of hydroxylamine groups is 1. The van der Waals surface area contributed by atoms with Crippen molar-refractivity contribution in [2.45, 2.75) is 33.1 Å².